The first-order chi connectivity index (χ1) is 10.3. The predicted molar refractivity (Wildman–Crippen MR) is 82.2 cm³/mol. The molecule has 21 heavy (non-hydrogen) atoms. The Morgan fingerprint density at radius 1 is 1.19 bits per heavy atom. The topological polar surface area (TPSA) is 58.6 Å². The Labute approximate surface area is 126 Å². The van der Waals surface area contributed by atoms with Crippen molar-refractivity contribution in [1.29, 1.82) is 0 Å². The van der Waals surface area contributed by atoms with Crippen LogP contribution in [0, 0.1) is 0 Å². The highest BCUT2D eigenvalue weighted by atomic mass is 16.5. The highest BCUT2D eigenvalue weighted by molar-refractivity contribution is 5.76. The Kier molecular flexibility index (Phi) is 6.54. The van der Waals surface area contributed by atoms with Crippen molar-refractivity contribution in [2.24, 2.45) is 0 Å². The molecule has 0 spiro atoms. The average molecular weight is 291 g/mol. The van der Waals surface area contributed by atoms with Crippen molar-refractivity contribution in [2.75, 3.05) is 6.61 Å². The van der Waals surface area contributed by atoms with Gasteiger partial charge in [0.15, 0.2) is 0 Å². The minimum absolute atomic E-state index is 0.0117. The maximum absolute atomic E-state index is 11.9. The lowest BCUT2D eigenvalue weighted by molar-refractivity contribution is -0.122. The van der Waals surface area contributed by atoms with Crippen molar-refractivity contribution in [3.05, 3.63) is 30.3 Å². The van der Waals surface area contributed by atoms with Gasteiger partial charge in [0, 0.05) is 6.42 Å². The first kappa shape index (κ1) is 15.8. The van der Waals surface area contributed by atoms with Gasteiger partial charge >= 0.3 is 0 Å². The molecular weight excluding hydrogens is 266 g/mol. The summed E-state index contributed by atoms with van der Waals surface area (Å²) in [6.45, 7) is 0.532. The molecule has 0 heterocycles. The number of nitrogens with one attached hydrogen (secondary N) is 1. The lowest BCUT2D eigenvalue weighted by Crippen LogP contribution is -2.42. The zero-order chi connectivity index (χ0) is 14.9. The fourth-order valence-electron chi connectivity index (χ4n) is 2.67. The zero-order valence-electron chi connectivity index (χ0n) is 12.5. The van der Waals surface area contributed by atoms with Crippen LogP contribution >= 0.6 is 0 Å². The number of carbonyl (C=O) groups is 1. The van der Waals surface area contributed by atoms with Gasteiger partial charge in [0.25, 0.3) is 0 Å². The SMILES string of the molecule is O=C(CCCOc1ccccc1)NC1CCCCCC1O. The lowest BCUT2D eigenvalue weighted by atomic mass is 10.1. The maximum Gasteiger partial charge on any atom is 0.220 e. The molecule has 4 nitrogen and oxygen atoms in total. The zero-order valence-corrected chi connectivity index (χ0v) is 12.5. The summed E-state index contributed by atoms with van der Waals surface area (Å²) < 4.78 is 5.56. The van der Waals surface area contributed by atoms with Crippen LogP contribution in [-0.4, -0.2) is 29.8 Å². The number of hydrogen-bond donors (Lipinski definition) is 2. The molecule has 0 aliphatic heterocycles. The Bertz CT molecular complexity index is 421. The molecule has 1 fully saturated rings. The Balaban J connectivity index is 1.63. The first-order valence-corrected chi connectivity index (χ1v) is 7.91. The molecule has 0 saturated heterocycles. The van der Waals surface area contributed by atoms with E-state index < -0.39 is 6.10 Å². The van der Waals surface area contributed by atoms with Crippen LogP contribution in [0.1, 0.15) is 44.9 Å². The highest BCUT2D eigenvalue weighted by Crippen LogP contribution is 2.18. The molecular formula is C17H25NO3. The number of rotatable bonds is 6. The fraction of sp³-hybridized carbons (Fsp3) is 0.588. The number of amides is 1. The van der Waals surface area contributed by atoms with E-state index in [4.69, 9.17) is 4.74 Å². The van der Waals surface area contributed by atoms with E-state index in [1.54, 1.807) is 0 Å². The highest BCUT2D eigenvalue weighted by Gasteiger charge is 2.22. The summed E-state index contributed by atoms with van der Waals surface area (Å²) in [5.41, 5.74) is 0. The molecule has 1 aromatic carbocycles. The summed E-state index contributed by atoms with van der Waals surface area (Å²) in [6.07, 6.45) is 5.69. The molecule has 2 rings (SSSR count). The second-order valence-corrected chi connectivity index (χ2v) is 5.64. The molecule has 0 radical (unpaired) electrons. The maximum atomic E-state index is 11.9. The van der Waals surface area contributed by atoms with Crippen LogP contribution < -0.4 is 10.1 Å². The fourth-order valence-corrected chi connectivity index (χ4v) is 2.67. The normalized spacial score (nSPS) is 22.3. The number of carbonyl (C=O) groups excluding carboxylic acids is 1. The molecule has 0 aromatic heterocycles. The number of aliphatic hydroxyl groups excluding tert-OH is 1. The molecule has 2 atom stereocenters. The first-order valence-electron chi connectivity index (χ1n) is 7.91. The van der Waals surface area contributed by atoms with Gasteiger partial charge in [-0.05, 0) is 31.4 Å². The number of aliphatic hydroxyl groups is 1. The van der Waals surface area contributed by atoms with Crippen LogP contribution in [0.3, 0.4) is 0 Å². The number of hydrogen-bond acceptors (Lipinski definition) is 3. The van der Waals surface area contributed by atoms with E-state index in [1.807, 2.05) is 30.3 Å². The summed E-state index contributed by atoms with van der Waals surface area (Å²) in [5.74, 6) is 0.842. The average Bonchev–Trinajstić information content (AvgIpc) is 2.70. The van der Waals surface area contributed by atoms with Gasteiger partial charge in [0.05, 0.1) is 18.8 Å². The van der Waals surface area contributed by atoms with Crippen LogP contribution in [0.5, 0.6) is 5.75 Å². The van der Waals surface area contributed by atoms with Gasteiger partial charge in [-0.25, -0.2) is 0 Å². The molecule has 4 heteroatoms. The van der Waals surface area contributed by atoms with Crippen molar-refractivity contribution in [3.8, 4) is 5.75 Å². The molecule has 2 unspecified atom stereocenters. The second kappa shape index (κ2) is 8.67. The number of ether oxygens (including phenoxy) is 1. The minimum atomic E-state index is -0.392. The third kappa shape index (κ3) is 5.76. The largest absolute Gasteiger partial charge is 0.494 e. The molecule has 1 aliphatic rings. The summed E-state index contributed by atoms with van der Waals surface area (Å²) in [5, 5.41) is 12.9. The number of para-hydroxylation sites is 1. The van der Waals surface area contributed by atoms with E-state index in [0.717, 1.165) is 37.9 Å². The molecule has 1 aliphatic carbocycles. The van der Waals surface area contributed by atoms with Gasteiger partial charge in [-0.2, -0.15) is 0 Å². The predicted octanol–water partition coefficient (Wildman–Crippen LogP) is 2.66. The summed E-state index contributed by atoms with van der Waals surface area (Å²) in [7, 11) is 0. The summed E-state index contributed by atoms with van der Waals surface area (Å²) in [6, 6.07) is 9.53. The van der Waals surface area contributed by atoms with E-state index >= 15 is 0 Å². The Morgan fingerprint density at radius 3 is 2.76 bits per heavy atom. The second-order valence-electron chi connectivity index (χ2n) is 5.64. The molecule has 1 amide bonds. The van der Waals surface area contributed by atoms with Crippen molar-refractivity contribution in [1.82, 2.24) is 5.32 Å². The Morgan fingerprint density at radius 2 is 1.95 bits per heavy atom. The van der Waals surface area contributed by atoms with Gasteiger partial charge in [-0.15, -0.1) is 0 Å². The van der Waals surface area contributed by atoms with Crippen molar-refractivity contribution in [2.45, 2.75) is 57.1 Å². The van der Waals surface area contributed by atoms with Crippen molar-refractivity contribution < 1.29 is 14.6 Å². The van der Waals surface area contributed by atoms with Gasteiger partial charge in [0.1, 0.15) is 5.75 Å². The number of benzene rings is 1. The van der Waals surface area contributed by atoms with Gasteiger partial charge in [-0.3, -0.25) is 4.79 Å². The van der Waals surface area contributed by atoms with E-state index in [1.165, 1.54) is 0 Å². The van der Waals surface area contributed by atoms with Crippen LogP contribution in [-0.2, 0) is 4.79 Å². The minimum Gasteiger partial charge on any atom is -0.494 e. The van der Waals surface area contributed by atoms with E-state index in [9.17, 15) is 9.90 Å². The van der Waals surface area contributed by atoms with E-state index in [-0.39, 0.29) is 11.9 Å². The lowest BCUT2D eigenvalue weighted by Gasteiger charge is -2.21. The van der Waals surface area contributed by atoms with Gasteiger partial charge < -0.3 is 15.2 Å². The molecule has 2 N–H and O–H groups in total. The monoisotopic (exact) mass is 291 g/mol. The third-order valence-electron chi connectivity index (χ3n) is 3.89. The smallest absolute Gasteiger partial charge is 0.220 e. The molecule has 1 aromatic rings. The van der Waals surface area contributed by atoms with Crippen LogP contribution in [0.4, 0.5) is 0 Å². The quantitative estimate of drug-likeness (QED) is 0.626. The molecule has 116 valence electrons. The van der Waals surface area contributed by atoms with Crippen LogP contribution in [0.2, 0.25) is 0 Å². The van der Waals surface area contributed by atoms with E-state index in [0.29, 0.717) is 19.4 Å². The Hall–Kier alpha value is -1.55. The van der Waals surface area contributed by atoms with Crippen molar-refractivity contribution in [3.63, 3.8) is 0 Å². The summed E-state index contributed by atoms with van der Waals surface area (Å²) >= 11 is 0. The molecule has 0 bridgehead atoms. The summed E-state index contributed by atoms with van der Waals surface area (Å²) in [4.78, 5) is 11.9. The van der Waals surface area contributed by atoms with Crippen LogP contribution in [0.25, 0.3) is 0 Å². The standard InChI is InChI=1S/C17H25NO3/c19-16-11-6-2-5-10-15(16)18-17(20)12-7-13-21-14-8-3-1-4-9-14/h1,3-4,8-9,15-16,19H,2,5-7,10-13H2,(H,18,20). The van der Waals surface area contributed by atoms with Crippen molar-refractivity contribution >= 4 is 5.91 Å². The van der Waals surface area contributed by atoms with Crippen LogP contribution in [0.15, 0.2) is 30.3 Å². The third-order valence-corrected chi connectivity index (χ3v) is 3.89. The molecule has 1 saturated carbocycles. The van der Waals surface area contributed by atoms with Gasteiger partial charge in [-0.1, -0.05) is 37.5 Å². The van der Waals surface area contributed by atoms with Gasteiger partial charge in [0.2, 0.25) is 5.91 Å². The van der Waals surface area contributed by atoms with E-state index in [2.05, 4.69) is 5.32 Å².